The van der Waals surface area contributed by atoms with Gasteiger partial charge in [0.2, 0.25) is 0 Å². The quantitative estimate of drug-likeness (QED) is 0.773. The summed E-state index contributed by atoms with van der Waals surface area (Å²) in [5, 5.41) is 2.93. The van der Waals surface area contributed by atoms with Gasteiger partial charge < -0.3 is 19.4 Å². The Balaban J connectivity index is 2.07. The zero-order valence-electron chi connectivity index (χ0n) is 16.0. The fraction of sp³-hybridized carbons (Fsp3) is 0.400. The maximum absolute atomic E-state index is 12.6. The number of carbonyl (C=O) groups is 2. The van der Waals surface area contributed by atoms with Crippen LogP contribution in [0, 0.1) is 13.8 Å². The molecule has 1 heterocycles. The van der Waals surface area contributed by atoms with Crippen molar-refractivity contribution in [2.45, 2.75) is 27.2 Å². The molecule has 26 heavy (non-hydrogen) atoms. The molecule has 0 saturated heterocycles. The van der Waals surface area contributed by atoms with Crippen molar-refractivity contribution in [3.05, 3.63) is 52.3 Å². The molecule has 1 N–H and O–H groups in total. The van der Waals surface area contributed by atoms with Crippen LogP contribution in [0.25, 0.3) is 0 Å². The molecule has 1 amide bonds. The minimum Gasteiger partial charge on any atom is -0.497 e. The van der Waals surface area contributed by atoms with Crippen molar-refractivity contribution < 1.29 is 19.1 Å². The van der Waals surface area contributed by atoms with Gasteiger partial charge in [0.25, 0.3) is 5.91 Å². The first-order chi connectivity index (χ1) is 12.4. The van der Waals surface area contributed by atoms with Gasteiger partial charge in [-0.25, -0.2) is 4.79 Å². The molecule has 0 aliphatic carbocycles. The molecule has 0 bridgehead atoms. The number of hydrogen-bond donors (Lipinski definition) is 1. The van der Waals surface area contributed by atoms with Crippen LogP contribution in [-0.2, 0) is 18.2 Å². The van der Waals surface area contributed by atoms with Crippen molar-refractivity contribution >= 4 is 11.9 Å². The second-order valence-corrected chi connectivity index (χ2v) is 6.07. The SMILES string of the molecule is CCOC(=O)c1c(C)c(C(=O)NCCc2ccc(OC)cc2)c(C)n1C. The van der Waals surface area contributed by atoms with Gasteiger partial charge in [-0.3, -0.25) is 4.79 Å². The fourth-order valence-electron chi connectivity index (χ4n) is 3.00. The van der Waals surface area contributed by atoms with E-state index in [-0.39, 0.29) is 5.91 Å². The first-order valence-electron chi connectivity index (χ1n) is 8.64. The van der Waals surface area contributed by atoms with Gasteiger partial charge in [-0.15, -0.1) is 0 Å². The monoisotopic (exact) mass is 358 g/mol. The van der Waals surface area contributed by atoms with Crippen LogP contribution in [0.3, 0.4) is 0 Å². The van der Waals surface area contributed by atoms with E-state index in [0.717, 1.165) is 17.0 Å². The van der Waals surface area contributed by atoms with Crippen molar-refractivity contribution in [3.63, 3.8) is 0 Å². The Hall–Kier alpha value is -2.76. The summed E-state index contributed by atoms with van der Waals surface area (Å²) < 4.78 is 11.9. The molecule has 0 atom stereocenters. The Kier molecular flexibility index (Phi) is 6.44. The molecule has 0 aliphatic rings. The molecule has 2 aromatic rings. The van der Waals surface area contributed by atoms with Gasteiger partial charge in [-0.05, 0) is 50.5 Å². The normalized spacial score (nSPS) is 10.5. The van der Waals surface area contributed by atoms with Crippen molar-refractivity contribution in [1.82, 2.24) is 9.88 Å². The van der Waals surface area contributed by atoms with E-state index in [9.17, 15) is 9.59 Å². The number of aromatic nitrogens is 1. The van der Waals surface area contributed by atoms with E-state index in [4.69, 9.17) is 9.47 Å². The van der Waals surface area contributed by atoms with Crippen LogP contribution in [0.5, 0.6) is 5.75 Å². The number of methoxy groups -OCH3 is 1. The molecule has 1 aromatic heterocycles. The first kappa shape index (κ1) is 19.6. The van der Waals surface area contributed by atoms with Crippen LogP contribution < -0.4 is 10.1 Å². The van der Waals surface area contributed by atoms with E-state index in [1.165, 1.54) is 0 Å². The molecule has 0 fully saturated rings. The van der Waals surface area contributed by atoms with Gasteiger partial charge in [-0.2, -0.15) is 0 Å². The van der Waals surface area contributed by atoms with E-state index in [1.54, 1.807) is 32.6 Å². The molecule has 0 aliphatic heterocycles. The number of ether oxygens (including phenoxy) is 2. The minimum atomic E-state index is -0.409. The van der Waals surface area contributed by atoms with Gasteiger partial charge >= 0.3 is 5.97 Å². The summed E-state index contributed by atoms with van der Waals surface area (Å²) in [6.07, 6.45) is 0.714. The summed E-state index contributed by atoms with van der Waals surface area (Å²) >= 11 is 0. The predicted octanol–water partition coefficient (Wildman–Crippen LogP) is 2.80. The van der Waals surface area contributed by atoms with Gasteiger partial charge in [-0.1, -0.05) is 12.1 Å². The molecule has 6 nitrogen and oxygen atoms in total. The summed E-state index contributed by atoms with van der Waals surface area (Å²) in [7, 11) is 3.40. The van der Waals surface area contributed by atoms with E-state index < -0.39 is 5.97 Å². The zero-order chi connectivity index (χ0) is 19.3. The molecule has 2 rings (SSSR count). The van der Waals surface area contributed by atoms with Crippen LogP contribution in [0.4, 0.5) is 0 Å². The molecule has 140 valence electrons. The third-order valence-corrected chi connectivity index (χ3v) is 4.48. The lowest BCUT2D eigenvalue weighted by Crippen LogP contribution is -2.26. The van der Waals surface area contributed by atoms with Crippen LogP contribution in [0.15, 0.2) is 24.3 Å². The largest absolute Gasteiger partial charge is 0.497 e. The highest BCUT2D eigenvalue weighted by Gasteiger charge is 2.25. The summed E-state index contributed by atoms with van der Waals surface area (Å²) in [6, 6.07) is 7.74. The Morgan fingerprint density at radius 2 is 1.81 bits per heavy atom. The lowest BCUT2D eigenvalue weighted by molar-refractivity contribution is 0.0514. The Labute approximate surface area is 154 Å². The average Bonchev–Trinajstić information content (AvgIpc) is 2.84. The summed E-state index contributed by atoms with van der Waals surface area (Å²) in [5.74, 6) is 0.215. The summed E-state index contributed by atoms with van der Waals surface area (Å²) in [4.78, 5) is 24.8. The van der Waals surface area contributed by atoms with Crippen LogP contribution in [-0.4, -0.2) is 36.7 Å². The number of esters is 1. The summed E-state index contributed by atoms with van der Waals surface area (Å²) in [6.45, 7) is 6.17. The smallest absolute Gasteiger partial charge is 0.355 e. The fourth-order valence-corrected chi connectivity index (χ4v) is 3.00. The Morgan fingerprint density at radius 3 is 2.38 bits per heavy atom. The number of benzene rings is 1. The zero-order valence-corrected chi connectivity index (χ0v) is 16.0. The number of carbonyl (C=O) groups excluding carboxylic acids is 2. The number of nitrogens with one attached hydrogen (secondary N) is 1. The van der Waals surface area contributed by atoms with Gasteiger partial charge in [0.05, 0.1) is 19.3 Å². The van der Waals surface area contributed by atoms with E-state index in [0.29, 0.717) is 36.4 Å². The minimum absolute atomic E-state index is 0.181. The van der Waals surface area contributed by atoms with E-state index >= 15 is 0 Å². The highest BCUT2D eigenvalue weighted by Crippen LogP contribution is 2.22. The second-order valence-electron chi connectivity index (χ2n) is 6.07. The molecule has 0 saturated carbocycles. The third-order valence-electron chi connectivity index (χ3n) is 4.48. The molecule has 0 radical (unpaired) electrons. The van der Waals surface area contributed by atoms with Gasteiger partial charge in [0.1, 0.15) is 11.4 Å². The number of rotatable bonds is 7. The maximum atomic E-state index is 12.6. The molecular formula is C20H26N2O4. The molecule has 6 heteroatoms. The maximum Gasteiger partial charge on any atom is 0.355 e. The van der Waals surface area contributed by atoms with Crippen molar-refractivity contribution in [2.24, 2.45) is 7.05 Å². The standard InChI is InChI=1S/C20H26N2O4/c1-6-26-20(24)18-13(2)17(14(3)22(18)4)19(23)21-12-11-15-7-9-16(25-5)10-8-15/h7-10H,6,11-12H2,1-5H3,(H,21,23). The lowest BCUT2D eigenvalue weighted by atomic mass is 10.1. The highest BCUT2D eigenvalue weighted by atomic mass is 16.5. The van der Waals surface area contributed by atoms with E-state index in [1.807, 2.05) is 31.2 Å². The van der Waals surface area contributed by atoms with Gasteiger partial charge in [0, 0.05) is 19.3 Å². The average molecular weight is 358 g/mol. The topological polar surface area (TPSA) is 69.6 Å². The predicted molar refractivity (Wildman–Crippen MR) is 99.9 cm³/mol. The Morgan fingerprint density at radius 1 is 1.15 bits per heavy atom. The molecule has 1 aromatic carbocycles. The lowest BCUT2D eigenvalue weighted by Gasteiger charge is -2.07. The number of nitrogens with zero attached hydrogens (tertiary/aromatic N) is 1. The van der Waals surface area contributed by atoms with Gasteiger partial charge in [0.15, 0.2) is 0 Å². The third kappa shape index (κ3) is 4.07. The van der Waals surface area contributed by atoms with E-state index in [2.05, 4.69) is 5.32 Å². The molecular weight excluding hydrogens is 332 g/mol. The van der Waals surface area contributed by atoms with Crippen molar-refractivity contribution in [1.29, 1.82) is 0 Å². The Bertz CT molecular complexity index is 791. The molecule has 0 unspecified atom stereocenters. The number of amides is 1. The van der Waals surface area contributed by atoms with Crippen LogP contribution in [0.2, 0.25) is 0 Å². The summed E-state index contributed by atoms with van der Waals surface area (Å²) in [5.41, 5.74) is 3.45. The number of hydrogen-bond acceptors (Lipinski definition) is 4. The van der Waals surface area contributed by atoms with Crippen LogP contribution in [0.1, 0.15) is 44.6 Å². The second kappa shape index (κ2) is 8.56. The van der Waals surface area contributed by atoms with Crippen molar-refractivity contribution in [2.75, 3.05) is 20.3 Å². The molecule has 0 spiro atoms. The van der Waals surface area contributed by atoms with Crippen LogP contribution >= 0.6 is 0 Å². The highest BCUT2D eigenvalue weighted by molar-refractivity contribution is 6.01. The first-order valence-corrected chi connectivity index (χ1v) is 8.64. The van der Waals surface area contributed by atoms with Crippen molar-refractivity contribution in [3.8, 4) is 5.75 Å².